The lowest BCUT2D eigenvalue weighted by molar-refractivity contribution is -0.116. The average molecular weight is 422 g/mol. The first-order chi connectivity index (χ1) is 14.6. The Morgan fingerprint density at radius 2 is 1.93 bits per heavy atom. The second-order valence-corrected chi connectivity index (χ2v) is 7.29. The van der Waals surface area contributed by atoms with Gasteiger partial charge in [0.1, 0.15) is 0 Å². The number of aromatic nitrogens is 4. The number of nitrogens with zero attached hydrogens (tertiary/aromatic N) is 4. The summed E-state index contributed by atoms with van der Waals surface area (Å²) in [7, 11) is 0. The van der Waals surface area contributed by atoms with Crippen molar-refractivity contribution >= 4 is 23.5 Å². The van der Waals surface area contributed by atoms with E-state index in [1.807, 2.05) is 60.0 Å². The van der Waals surface area contributed by atoms with Gasteiger partial charge in [-0.1, -0.05) is 47.5 Å². The molecule has 2 aromatic heterocycles. The molecule has 0 aliphatic heterocycles. The quantitative estimate of drug-likeness (QED) is 0.474. The summed E-state index contributed by atoms with van der Waals surface area (Å²) in [6.07, 6.45) is 3.98. The lowest BCUT2D eigenvalue weighted by atomic mass is 10.1. The molecule has 0 aliphatic carbocycles. The Hall–Kier alpha value is -3.45. The van der Waals surface area contributed by atoms with Gasteiger partial charge in [0.25, 0.3) is 0 Å². The van der Waals surface area contributed by atoms with Gasteiger partial charge in [-0.2, -0.15) is 0 Å². The molecule has 1 N–H and O–H groups in total. The summed E-state index contributed by atoms with van der Waals surface area (Å²) in [5.41, 5.74) is 2.95. The number of nitrogens with one attached hydrogen (secondary N) is 1. The normalized spacial score (nSPS) is 10.9. The highest BCUT2D eigenvalue weighted by Gasteiger charge is 2.13. The summed E-state index contributed by atoms with van der Waals surface area (Å²) >= 11 is 6.23. The minimum atomic E-state index is -0.184. The van der Waals surface area contributed by atoms with E-state index < -0.39 is 0 Å². The van der Waals surface area contributed by atoms with Crippen molar-refractivity contribution in [3.05, 3.63) is 83.0 Å². The minimum absolute atomic E-state index is 0.184. The Bertz CT molecular complexity index is 1150. The van der Waals surface area contributed by atoms with Crippen LogP contribution in [0.15, 0.2) is 65.3 Å². The van der Waals surface area contributed by atoms with E-state index in [2.05, 4.69) is 20.5 Å². The molecule has 0 fully saturated rings. The van der Waals surface area contributed by atoms with E-state index in [0.29, 0.717) is 35.7 Å². The molecule has 2 aromatic carbocycles. The maximum Gasteiger partial charge on any atom is 0.247 e. The molecule has 4 rings (SSSR count). The number of hydrogen-bond donors (Lipinski definition) is 1. The monoisotopic (exact) mass is 421 g/mol. The molecule has 0 unspecified atom stereocenters. The molecule has 0 bridgehead atoms. The molecule has 1 amide bonds. The number of rotatable bonds is 7. The number of anilines is 1. The molecule has 4 aromatic rings. The number of hydrogen-bond acceptors (Lipinski definition) is 5. The SMILES string of the molecule is Cc1ccc(-c2nnc(CCC(=O)Nc3nccn3Cc3ccccc3Cl)o2)cc1. The Morgan fingerprint density at radius 1 is 1.13 bits per heavy atom. The third kappa shape index (κ3) is 4.75. The van der Waals surface area contributed by atoms with E-state index in [4.69, 9.17) is 16.0 Å². The zero-order chi connectivity index (χ0) is 20.9. The lowest BCUT2D eigenvalue weighted by Gasteiger charge is -2.10. The van der Waals surface area contributed by atoms with E-state index in [1.165, 1.54) is 0 Å². The Kier molecular flexibility index (Phi) is 5.90. The van der Waals surface area contributed by atoms with E-state index in [0.717, 1.165) is 16.7 Å². The van der Waals surface area contributed by atoms with Gasteiger partial charge in [-0.05, 0) is 30.7 Å². The van der Waals surface area contributed by atoms with Gasteiger partial charge in [0.05, 0.1) is 6.54 Å². The van der Waals surface area contributed by atoms with Crippen molar-refractivity contribution in [2.75, 3.05) is 5.32 Å². The van der Waals surface area contributed by atoms with Crippen LogP contribution >= 0.6 is 11.6 Å². The molecule has 30 heavy (non-hydrogen) atoms. The van der Waals surface area contributed by atoms with Crippen molar-refractivity contribution in [2.45, 2.75) is 26.3 Å². The standard InChI is InChI=1S/C22H20ClN5O2/c1-15-6-8-16(9-7-15)21-27-26-20(30-21)11-10-19(29)25-22-24-12-13-28(22)14-17-4-2-3-5-18(17)23/h2-9,12-13H,10-11,14H2,1H3,(H,24,25,29). The fourth-order valence-corrected chi connectivity index (χ4v) is 3.14. The Balaban J connectivity index is 1.34. The Morgan fingerprint density at radius 3 is 2.73 bits per heavy atom. The maximum atomic E-state index is 12.4. The zero-order valence-electron chi connectivity index (χ0n) is 16.4. The second-order valence-electron chi connectivity index (χ2n) is 6.89. The van der Waals surface area contributed by atoms with Crippen molar-refractivity contribution in [2.24, 2.45) is 0 Å². The summed E-state index contributed by atoms with van der Waals surface area (Å²) in [5, 5.41) is 11.6. The number of benzene rings is 2. The average Bonchev–Trinajstić information content (AvgIpc) is 3.39. The first-order valence-corrected chi connectivity index (χ1v) is 9.90. The molecule has 2 heterocycles. The van der Waals surface area contributed by atoms with Crippen molar-refractivity contribution in [3.8, 4) is 11.5 Å². The first kappa shape index (κ1) is 19.8. The van der Waals surface area contributed by atoms with Crippen LogP contribution in [0.25, 0.3) is 11.5 Å². The molecule has 152 valence electrons. The van der Waals surface area contributed by atoms with Crippen LogP contribution < -0.4 is 5.32 Å². The highest BCUT2D eigenvalue weighted by molar-refractivity contribution is 6.31. The van der Waals surface area contributed by atoms with Gasteiger partial charge in [0, 0.05) is 35.8 Å². The van der Waals surface area contributed by atoms with Gasteiger partial charge in [-0.15, -0.1) is 10.2 Å². The van der Waals surface area contributed by atoms with Gasteiger partial charge < -0.3 is 8.98 Å². The van der Waals surface area contributed by atoms with Crippen LogP contribution in [-0.2, 0) is 17.8 Å². The summed E-state index contributed by atoms with van der Waals surface area (Å²) in [4.78, 5) is 16.6. The van der Waals surface area contributed by atoms with Crippen LogP contribution in [-0.4, -0.2) is 25.7 Å². The number of carbonyl (C=O) groups excluding carboxylic acids is 1. The predicted octanol–water partition coefficient (Wildman–Crippen LogP) is 4.51. The number of imidazole rings is 1. The van der Waals surface area contributed by atoms with E-state index in [1.54, 1.807) is 12.4 Å². The lowest BCUT2D eigenvalue weighted by Crippen LogP contribution is -2.16. The van der Waals surface area contributed by atoms with Crippen LogP contribution in [0.5, 0.6) is 0 Å². The minimum Gasteiger partial charge on any atom is -0.421 e. The van der Waals surface area contributed by atoms with Gasteiger partial charge in [0.2, 0.25) is 23.6 Å². The third-order valence-electron chi connectivity index (χ3n) is 4.60. The fourth-order valence-electron chi connectivity index (χ4n) is 2.95. The van der Waals surface area contributed by atoms with Crippen LogP contribution in [0, 0.1) is 6.92 Å². The molecule has 0 saturated carbocycles. The molecule has 8 heteroatoms. The van der Waals surface area contributed by atoms with Crippen molar-refractivity contribution < 1.29 is 9.21 Å². The van der Waals surface area contributed by atoms with Gasteiger partial charge in [-0.3, -0.25) is 10.1 Å². The fraction of sp³-hybridized carbons (Fsp3) is 0.182. The van der Waals surface area contributed by atoms with Crippen molar-refractivity contribution in [1.82, 2.24) is 19.7 Å². The Labute approximate surface area is 178 Å². The van der Waals surface area contributed by atoms with Gasteiger partial charge in [0.15, 0.2) is 0 Å². The van der Waals surface area contributed by atoms with Gasteiger partial charge in [-0.25, -0.2) is 4.98 Å². The maximum absolute atomic E-state index is 12.4. The van der Waals surface area contributed by atoms with Crippen molar-refractivity contribution in [3.63, 3.8) is 0 Å². The number of carbonyl (C=O) groups is 1. The summed E-state index contributed by atoms with van der Waals surface area (Å²) in [6, 6.07) is 15.4. The number of halogens is 1. The van der Waals surface area contributed by atoms with Crippen molar-refractivity contribution in [1.29, 1.82) is 0 Å². The molecular formula is C22H20ClN5O2. The third-order valence-corrected chi connectivity index (χ3v) is 4.97. The number of aryl methyl sites for hydroxylation is 2. The summed E-state index contributed by atoms with van der Waals surface area (Å²) in [6.45, 7) is 2.53. The molecule has 0 spiro atoms. The van der Waals surface area contributed by atoms with Crippen LogP contribution in [0.4, 0.5) is 5.95 Å². The van der Waals surface area contributed by atoms with Crippen LogP contribution in [0.3, 0.4) is 0 Å². The molecular weight excluding hydrogens is 402 g/mol. The van der Waals surface area contributed by atoms with E-state index in [9.17, 15) is 4.79 Å². The van der Waals surface area contributed by atoms with Crippen LogP contribution in [0.2, 0.25) is 5.02 Å². The second kappa shape index (κ2) is 8.92. The summed E-state index contributed by atoms with van der Waals surface area (Å²) < 4.78 is 7.51. The molecule has 0 radical (unpaired) electrons. The van der Waals surface area contributed by atoms with E-state index in [-0.39, 0.29) is 12.3 Å². The predicted molar refractivity (Wildman–Crippen MR) is 114 cm³/mol. The summed E-state index contributed by atoms with van der Waals surface area (Å²) in [5.74, 6) is 1.14. The molecule has 0 atom stereocenters. The highest BCUT2D eigenvalue weighted by atomic mass is 35.5. The van der Waals surface area contributed by atoms with Gasteiger partial charge >= 0.3 is 0 Å². The highest BCUT2D eigenvalue weighted by Crippen LogP contribution is 2.20. The van der Waals surface area contributed by atoms with Crippen LogP contribution in [0.1, 0.15) is 23.4 Å². The number of amides is 1. The molecule has 7 nitrogen and oxygen atoms in total. The molecule has 0 saturated heterocycles. The zero-order valence-corrected chi connectivity index (χ0v) is 17.1. The smallest absolute Gasteiger partial charge is 0.247 e. The van der Waals surface area contributed by atoms with E-state index >= 15 is 0 Å². The largest absolute Gasteiger partial charge is 0.421 e. The first-order valence-electron chi connectivity index (χ1n) is 9.52. The molecule has 0 aliphatic rings. The topological polar surface area (TPSA) is 85.8 Å².